The Kier molecular flexibility index (Phi) is 4.75. The maximum atomic E-state index is 11.9. The van der Waals surface area contributed by atoms with Crippen LogP contribution in [-0.4, -0.2) is 30.9 Å². The second-order valence-corrected chi connectivity index (χ2v) is 8.16. The van der Waals surface area contributed by atoms with E-state index in [1.807, 2.05) is 5.38 Å². The first kappa shape index (κ1) is 14.0. The van der Waals surface area contributed by atoms with Gasteiger partial charge in [-0.3, -0.25) is 0 Å². The zero-order valence-electron chi connectivity index (χ0n) is 10.5. The Morgan fingerprint density at radius 3 is 3.00 bits per heavy atom. The highest BCUT2D eigenvalue weighted by Gasteiger charge is 2.29. The summed E-state index contributed by atoms with van der Waals surface area (Å²) >= 11 is 1.58. The van der Waals surface area contributed by atoms with Crippen LogP contribution < -0.4 is 5.73 Å². The van der Waals surface area contributed by atoms with Crippen molar-refractivity contribution in [2.45, 2.75) is 43.8 Å². The summed E-state index contributed by atoms with van der Waals surface area (Å²) < 4.78 is 23.9. The molecule has 0 aromatic carbocycles. The fourth-order valence-corrected chi connectivity index (χ4v) is 5.18. The number of aryl methyl sites for hydroxylation is 1. The number of nitrogens with two attached hydrogens (primary N) is 1. The molecule has 102 valence electrons. The van der Waals surface area contributed by atoms with E-state index >= 15 is 0 Å². The number of sulfone groups is 1. The zero-order valence-corrected chi connectivity index (χ0v) is 12.1. The van der Waals surface area contributed by atoms with Gasteiger partial charge in [-0.2, -0.15) is 0 Å². The van der Waals surface area contributed by atoms with E-state index in [9.17, 15) is 8.42 Å². The zero-order chi connectivity index (χ0) is 13.0. The molecule has 0 bridgehead atoms. The highest BCUT2D eigenvalue weighted by molar-refractivity contribution is 7.92. The Balaban J connectivity index is 1.98. The summed E-state index contributed by atoms with van der Waals surface area (Å²) in [5.41, 5.74) is 6.51. The molecule has 18 heavy (non-hydrogen) atoms. The fourth-order valence-electron chi connectivity index (χ4n) is 2.29. The van der Waals surface area contributed by atoms with Gasteiger partial charge in [0.2, 0.25) is 0 Å². The molecule has 2 heterocycles. The van der Waals surface area contributed by atoms with Gasteiger partial charge in [0, 0.05) is 11.8 Å². The summed E-state index contributed by atoms with van der Waals surface area (Å²) in [6, 6.07) is 0. The smallest absolute Gasteiger partial charge is 0.153 e. The van der Waals surface area contributed by atoms with E-state index in [0.717, 1.165) is 42.8 Å². The molecule has 0 radical (unpaired) electrons. The molecular formula is C12H20N2O2S2. The molecule has 1 aliphatic heterocycles. The number of rotatable bonds is 5. The fraction of sp³-hybridized carbons (Fsp3) is 0.750. The lowest BCUT2D eigenvalue weighted by Gasteiger charge is -2.21. The Hall–Kier alpha value is -0.460. The molecular weight excluding hydrogens is 268 g/mol. The first-order valence-corrected chi connectivity index (χ1v) is 9.06. The van der Waals surface area contributed by atoms with Crippen LogP contribution in [0.15, 0.2) is 5.38 Å². The normalized spacial score (nSPS) is 23.1. The molecule has 0 aliphatic carbocycles. The van der Waals surface area contributed by atoms with Crippen LogP contribution in [-0.2, 0) is 22.7 Å². The average Bonchev–Trinajstić information content (AvgIpc) is 2.77. The van der Waals surface area contributed by atoms with Crippen molar-refractivity contribution in [3.63, 3.8) is 0 Å². The third-order valence-corrected chi connectivity index (χ3v) is 6.55. The van der Waals surface area contributed by atoms with Crippen molar-refractivity contribution in [2.24, 2.45) is 5.73 Å². The van der Waals surface area contributed by atoms with E-state index in [0.29, 0.717) is 18.7 Å². The van der Waals surface area contributed by atoms with Crippen LogP contribution in [0.4, 0.5) is 0 Å². The van der Waals surface area contributed by atoms with E-state index in [1.54, 1.807) is 11.3 Å². The third kappa shape index (κ3) is 3.52. The van der Waals surface area contributed by atoms with Gasteiger partial charge in [-0.25, -0.2) is 13.4 Å². The van der Waals surface area contributed by atoms with Crippen molar-refractivity contribution in [3.8, 4) is 0 Å². The Labute approximate surface area is 113 Å². The van der Waals surface area contributed by atoms with Crippen LogP contribution in [0.3, 0.4) is 0 Å². The van der Waals surface area contributed by atoms with Crippen LogP contribution in [0, 0.1) is 0 Å². The van der Waals surface area contributed by atoms with E-state index in [4.69, 9.17) is 5.73 Å². The average molecular weight is 288 g/mol. The summed E-state index contributed by atoms with van der Waals surface area (Å²) in [5, 5.41) is 2.78. The third-order valence-electron chi connectivity index (χ3n) is 3.35. The molecule has 2 rings (SSSR count). The van der Waals surface area contributed by atoms with Gasteiger partial charge in [-0.05, 0) is 32.2 Å². The van der Waals surface area contributed by atoms with Gasteiger partial charge in [0.1, 0.15) is 0 Å². The number of aromatic nitrogens is 1. The molecule has 2 N–H and O–H groups in total. The minimum atomic E-state index is -2.88. The quantitative estimate of drug-likeness (QED) is 0.892. The molecule has 0 amide bonds. The van der Waals surface area contributed by atoms with Crippen LogP contribution in [0.25, 0.3) is 0 Å². The van der Waals surface area contributed by atoms with Gasteiger partial charge in [0.05, 0.1) is 21.7 Å². The lowest BCUT2D eigenvalue weighted by atomic mass is 10.1. The summed E-state index contributed by atoms with van der Waals surface area (Å²) in [4.78, 5) is 4.51. The number of hydrogen-bond donors (Lipinski definition) is 1. The maximum absolute atomic E-state index is 11.9. The lowest BCUT2D eigenvalue weighted by Crippen LogP contribution is -2.30. The van der Waals surface area contributed by atoms with Crippen LogP contribution in [0.1, 0.15) is 36.4 Å². The summed E-state index contributed by atoms with van der Waals surface area (Å²) in [6.45, 7) is 0.671. The van der Waals surface area contributed by atoms with Gasteiger partial charge in [-0.1, -0.05) is 6.42 Å². The Bertz CT molecular complexity index is 482. The van der Waals surface area contributed by atoms with Crippen LogP contribution >= 0.6 is 11.3 Å². The van der Waals surface area contributed by atoms with Gasteiger partial charge in [-0.15, -0.1) is 11.3 Å². The first-order valence-electron chi connectivity index (χ1n) is 6.47. The van der Waals surface area contributed by atoms with E-state index in [2.05, 4.69) is 4.98 Å². The van der Waals surface area contributed by atoms with Crippen molar-refractivity contribution in [2.75, 3.05) is 12.3 Å². The minimum Gasteiger partial charge on any atom is -0.330 e. The molecule has 6 heteroatoms. The molecule has 4 nitrogen and oxygen atoms in total. The molecule has 0 spiro atoms. The summed E-state index contributed by atoms with van der Waals surface area (Å²) in [7, 11) is -2.88. The standard InChI is InChI=1S/C12H20N2O2S2/c13-6-3-4-10-9-17-12(14-10)8-11-5-1-2-7-18(11,15)16/h9,11H,1-8,13H2. The predicted octanol–water partition coefficient (Wildman–Crippen LogP) is 1.54. The second-order valence-electron chi connectivity index (χ2n) is 4.81. The predicted molar refractivity (Wildman–Crippen MR) is 74.6 cm³/mol. The van der Waals surface area contributed by atoms with Crippen molar-refractivity contribution < 1.29 is 8.42 Å². The van der Waals surface area contributed by atoms with Crippen LogP contribution in [0.2, 0.25) is 0 Å². The van der Waals surface area contributed by atoms with Crippen molar-refractivity contribution in [3.05, 3.63) is 16.1 Å². The first-order chi connectivity index (χ1) is 8.62. The largest absolute Gasteiger partial charge is 0.330 e. The van der Waals surface area contributed by atoms with Crippen LogP contribution in [0.5, 0.6) is 0 Å². The molecule has 1 fully saturated rings. The Morgan fingerprint density at radius 1 is 1.44 bits per heavy atom. The monoisotopic (exact) mass is 288 g/mol. The van der Waals surface area contributed by atoms with Gasteiger partial charge >= 0.3 is 0 Å². The molecule has 1 aromatic heterocycles. The van der Waals surface area contributed by atoms with E-state index < -0.39 is 9.84 Å². The van der Waals surface area contributed by atoms with Crippen molar-refractivity contribution in [1.29, 1.82) is 0 Å². The molecule has 0 saturated carbocycles. The minimum absolute atomic E-state index is 0.209. The lowest BCUT2D eigenvalue weighted by molar-refractivity contribution is 0.537. The van der Waals surface area contributed by atoms with Crippen molar-refractivity contribution >= 4 is 21.2 Å². The van der Waals surface area contributed by atoms with Gasteiger partial charge in [0.15, 0.2) is 9.84 Å². The number of nitrogens with zero attached hydrogens (tertiary/aromatic N) is 1. The number of hydrogen-bond acceptors (Lipinski definition) is 5. The SMILES string of the molecule is NCCCc1csc(CC2CCCCS2(=O)=O)n1. The Morgan fingerprint density at radius 2 is 2.28 bits per heavy atom. The highest BCUT2D eigenvalue weighted by Crippen LogP contribution is 2.24. The number of thiazole rings is 1. The summed E-state index contributed by atoms with van der Waals surface area (Å²) in [5.74, 6) is 0.350. The maximum Gasteiger partial charge on any atom is 0.153 e. The topological polar surface area (TPSA) is 73.1 Å². The molecule has 1 atom stereocenters. The van der Waals surface area contributed by atoms with Gasteiger partial charge in [0.25, 0.3) is 0 Å². The van der Waals surface area contributed by atoms with E-state index in [1.165, 1.54) is 0 Å². The van der Waals surface area contributed by atoms with E-state index in [-0.39, 0.29) is 5.25 Å². The summed E-state index contributed by atoms with van der Waals surface area (Å²) in [6.07, 6.45) is 5.05. The molecule has 1 aromatic rings. The molecule has 1 aliphatic rings. The highest BCUT2D eigenvalue weighted by atomic mass is 32.2. The second kappa shape index (κ2) is 6.12. The van der Waals surface area contributed by atoms with Gasteiger partial charge < -0.3 is 5.73 Å². The molecule has 1 unspecified atom stereocenters. The van der Waals surface area contributed by atoms with Crippen molar-refractivity contribution in [1.82, 2.24) is 4.98 Å². The molecule has 1 saturated heterocycles.